The first-order valence-corrected chi connectivity index (χ1v) is 5.75. The molecule has 2 aromatic rings. The van der Waals surface area contributed by atoms with Crippen LogP contribution in [-0.4, -0.2) is 22.9 Å². The minimum atomic E-state index is -0.362. The van der Waals surface area contributed by atoms with E-state index in [1.165, 1.54) is 4.68 Å². The van der Waals surface area contributed by atoms with Gasteiger partial charge in [0.05, 0.1) is 7.11 Å². The van der Waals surface area contributed by atoms with E-state index < -0.39 is 0 Å². The average Bonchev–Trinajstić information content (AvgIpc) is 2.82. The number of carbonyl (C=O) groups is 1. The Kier molecular flexibility index (Phi) is 4.02. The summed E-state index contributed by atoms with van der Waals surface area (Å²) in [5.41, 5.74) is 6.35. The number of rotatable bonds is 5. The molecule has 100 valence electrons. The van der Waals surface area contributed by atoms with Crippen LogP contribution in [0.4, 0.5) is 5.82 Å². The van der Waals surface area contributed by atoms with E-state index in [-0.39, 0.29) is 19.1 Å². The van der Waals surface area contributed by atoms with Crippen LogP contribution in [0.2, 0.25) is 0 Å². The topological polar surface area (TPSA) is 79.4 Å². The van der Waals surface area contributed by atoms with Crippen LogP contribution in [0.1, 0.15) is 5.56 Å². The van der Waals surface area contributed by atoms with E-state index >= 15 is 0 Å². The number of hydrogen-bond donors (Lipinski definition) is 1. The molecule has 0 aliphatic rings. The first kappa shape index (κ1) is 12.9. The lowest BCUT2D eigenvalue weighted by molar-refractivity contribution is -0.145. The number of nitrogens with zero attached hydrogens (tertiary/aromatic N) is 2. The quantitative estimate of drug-likeness (QED) is 0.818. The molecular weight excluding hydrogens is 246 g/mol. The van der Waals surface area contributed by atoms with E-state index in [9.17, 15) is 4.79 Å². The predicted molar refractivity (Wildman–Crippen MR) is 69.4 cm³/mol. The van der Waals surface area contributed by atoms with Gasteiger partial charge in [0.25, 0.3) is 0 Å². The highest BCUT2D eigenvalue weighted by atomic mass is 16.5. The van der Waals surface area contributed by atoms with Crippen molar-refractivity contribution in [1.29, 1.82) is 0 Å². The Balaban J connectivity index is 1.82. The standard InChI is InChI=1S/C13H15N3O3/c1-18-11-4-2-10(3-5-11)9-19-13(17)8-16-7-6-12(14)15-16/h2-7H,8-9H2,1H3,(H2,14,15). The van der Waals surface area contributed by atoms with Crippen LogP contribution in [0.25, 0.3) is 0 Å². The van der Waals surface area contributed by atoms with Crippen molar-refractivity contribution in [2.24, 2.45) is 0 Å². The Morgan fingerprint density at radius 3 is 2.63 bits per heavy atom. The number of anilines is 1. The van der Waals surface area contributed by atoms with Crippen LogP contribution in [0.3, 0.4) is 0 Å². The molecule has 0 saturated carbocycles. The Labute approximate surface area is 110 Å². The molecule has 0 unspecified atom stereocenters. The van der Waals surface area contributed by atoms with Crippen molar-refractivity contribution in [2.75, 3.05) is 12.8 Å². The highest BCUT2D eigenvalue weighted by molar-refractivity contribution is 5.69. The summed E-state index contributed by atoms with van der Waals surface area (Å²) in [6, 6.07) is 8.95. The van der Waals surface area contributed by atoms with Crippen LogP contribution in [-0.2, 0) is 22.7 Å². The lowest BCUT2D eigenvalue weighted by Crippen LogP contribution is -2.14. The first-order chi connectivity index (χ1) is 9.17. The fourth-order valence-electron chi connectivity index (χ4n) is 1.53. The summed E-state index contributed by atoms with van der Waals surface area (Å²) in [6.45, 7) is 0.271. The number of hydrogen-bond acceptors (Lipinski definition) is 5. The van der Waals surface area contributed by atoms with Crippen molar-refractivity contribution in [3.05, 3.63) is 42.1 Å². The molecule has 0 bridgehead atoms. The van der Waals surface area contributed by atoms with Gasteiger partial charge in [0, 0.05) is 6.20 Å². The number of carbonyl (C=O) groups excluding carboxylic acids is 1. The van der Waals surface area contributed by atoms with E-state index in [1.807, 2.05) is 24.3 Å². The molecule has 0 spiro atoms. The van der Waals surface area contributed by atoms with E-state index in [0.29, 0.717) is 5.82 Å². The van der Waals surface area contributed by atoms with E-state index in [2.05, 4.69) is 5.10 Å². The number of nitrogen functional groups attached to an aromatic ring is 1. The molecule has 0 amide bonds. The zero-order chi connectivity index (χ0) is 13.7. The van der Waals surface area contributed by atoms with Gasteiger partial charge in [-0.25, -0.2) is 0 Å². The zero-order valence-corrected chi connectivity index (χ0v) is 10.6. The van der Waals surface area contributed by atoms with Crippen LogP contribution in [0.5, 0.6) is 5.75 Å². The molecule has 2 N–H and O–H groups in total. The van der Waals surface area contributed by atoms with Crippen LogP contribution in [0.15, 0.2) is 36.5 Å². The van der Waals surface area contributed by atoms with Crippen LogP contribution >= 0.6 is 0 Å². The van der Waals surface area contributed by atoms with Crippen molar-refractivity contribution in [2.45, 2.75) is 13.2 Å². The number of esters is 1. The normalized spacial score (nSPS) is 10.2. The summed E-state index contributed by atoms with van der Waals surface area (Å²) in [4.78, 5) is 11.6. The second-order valence-electron chi connectivity index (χ2n) is 3.95. The molecule has 0 saturated heterocycles. The van der Waals surface area contributed by atoms with Gasteiger partial charge in [0.15, 0.2) is 0 Å². The molecule has 2 rings (SSSR count). The monoisotopic (exact) mass is 261 g/mol. The van der Waals surface area contributed by atoms with Gasteiger partial charge in [0.1, 0.15) is 24.7 Å². The molecule has 0 fully saturated rings. The third kappa shape index (κ3) is 3.74. The van der Waals surface area contributed by atoms with Gasteiger partial charge in [-0.3, -0.25) is 9.48 Å². The van der Waals surface area contributed by atoms with E-state index in [4.69, 9.17) is 15.2 Å². The fourth-order valence-corrected chi connectivity index (χ4v) is 1.53. The number of nitrogens with two attached hydrogens (primary N) is 1. The maximum Gasteiger partial charge on any atom is 0.328 e. The molecule has 1 aromatic carbocycles. The summed E-state index contributed by atoms with van der Waals surface area (Å²) >= 11 is 0. The fraction of sp³-hybridized carbons (Fsp3) is 0.231. The maximum atomic E-state index is 11.6. The summed E-state index contributed by atoms with van der Waals surface area (Å²) in [7, 11) is 1.60. The van der Waals surface area contributed by atoms with Gasteiger partial charge < -0.3 is 15.2 Å². The SMILES string of the molecule is COc1ccc(COC(=O)Cn2ccc(N)n2)cc1. The molecule has 0 aliphatic heterocycles. The first-order valence-electron chi connectivity index (χ1n) is 5.75. The van der Waals surface area contributed by atoms with Gasteiger partial charge >= 0.3 is 5.97 Å². The summed E-state index contributed by atoms with van der Waals surface area (Å²) < 4.78 is 11.6. The second kappa shape index (κ2) is 5.90. The van der Waals surface area contributed by atoms with Gasteiger partial charge in [-0.2, -0.15) is 5.10 Å². The number of aromatic nitrogens is 2. The molecular formula is C13H15N3O3. The Morgan fingerprint density at radius 2 is 2.05 bits per heavy atom. The second-order valence-corrected chi connectivity index (χ2v) is 3.95. The summed E-state index contributed by atoms with van der Waals surface area (Å²) in [6.07, 6.45) is 1.63. The van der Waals surface area contributed by atoms with Gasteiger partial charge in [-0.05, 0) is 23.8 Å². The van der Waals surface area contributed by atoms with Crippen molar-refractivity contribution in [1.82, 2.24) is 9.78 Å². The summed E-state index contributed by atoms with van der Waals surface area (Å²) in [5, 5.41) is 3.91. The van der Waals surface area contributed by atoms with Crippen molar-refractivity contribution >= 4 is 11.8 Å². The predicted octanol–water partition coefficient (Wildman–Crippen LogP) is 1.22. The maximum absolute atomic E-state index is 11.6. The van der Waals surface area contributed by atoms with Crippen LogP contribution < -0.4 is 10.5 Å². The molecule has 6 nitrogen and oxygen atoms in total. The van der Waals surface area contributed by atoms with E-state index in [0.717, 1.165) is 11.3 Å². The molecule has 1 heterocycles. The van der Waals surface area contributed by atoms with Gasteiger partial charge in [0.2, 0.25) is 0 Å². The smallest absolute Gasteiger partial charge is 0.328 e. The van der Waals surface area contributed by atoms with Gasteiger partial charge in [-0.1, -0.05) is 12.1 Å². The van der Waals surface area contributed by atoms with Crippen molar-refractivity contribution < 1.29 is 14.3 Å². The third-order valence-electron chi connectivity index (χ3n) is 2.51. The highest BCUT2D eigenvalue weighted by Crippen LogP contribution is 2.12. The number of ether oxygens (including phenoxy) is 2. The molecule has 0 atom stereocenters. The minimum absolute atomic E-state index is 0.0490. The average molecular weight is 261 g/mol. The largest absolute Gasteiger partial charge is 0.497 e. The zero-order valence-electron chi connectivity index (χ0n) is 10.6. The highest BCUT2D eigenvalue weighted by Gasteiger charge is 2.05. The molecule has 19 heavy (non-hydrogen) atoms. The van der Waals surface area contributed by atoms with E-state index in [1.54, 1.807) is 19.4 Å². The Hall–Kier alpha value is -2.50. The number of methoxy groups -OCH3 is 1. The molecule has 6 heteroatoms. The molecule has 0 radical (unpaired) electrons. The van der Waals surface area contributed by atoms with Crippen molar-refractivity contribution in [3.8, 4) is 5.75 Å². The number of benzene rings is 1. The van der Waals surface area contributed by atoms with Crippen molar-refractivity contribution in [3.63, 3.8) is 0 Å². The third-order valence-corrected chi connectivity index (χ3v) is 2.51. The Morgan fingerprint density at radius 1 is 1.32 bits per heavy atom. The lowest BCUT2D eigenvalue weighted by Gasteiger charge is -2.06. The molecule has 0 aliphatic carbocycles. The van der Waals surface area contributed by atoms with Gasteiger partial charge in [-0.15, -0.1) is 0 Å². The minimum Gasteiger partial charge on any atom is -0.497 e. The summed E-state index contributed by atoms with van der Waals surface area (Å²) in [5.74, 6) is 0.781. The van der Waals surface area contributed by atoms with Crippen LogP contribution in [0, 0.1) is 0 Å². The lowest BCUT2D eigenvalue weighted by atomic mass is 10.2. The molecule has 1 aromatic heterocycles. The Bertz CT molecular complexity index is 549.